The van der Waals surface area contributed by atoms with Gasteiger partial charge in [0.1, 0.15) is 17.8 Å². The van der Waals surface area contributed by atoms with Gasteiger partial charge in [-0.15, -0.1) is 0 Å². The first-order chi connectivity index (χ1) is 21.7. The number of methoxy groups -OCH3 is 2. The Hall–Kier alpha value is -5.00. The third-order valence-corrected chi connectivity index (χ3v) is 9.37. The number of carbonyl (C=O) groups excluding carboxylic acids is 1. The van der Waals surface area contributed by atoms with E-state index in [9.17, 15) is 13.2 Å². The summed E-state index contributed by atoms with van der Waals surface area (Å²) in [5, 5.41) is 7.20. The summed E-state index contributed by atoms with van der Waals surface area (Å²) in [7, 11) is 0.496. The summed E-state index contributed by atoms with van der Waals surface area (Å²) in [6.07, 6.45) is 1.31. The van der Waals surface area contributed by atoms with Gasteiger partial charge >= 0.3 is 6.03 Å². The molecule has 0 atom stereocenters. The highest BCUT2D eigenvalue weighted by Gasteiger charge is 2.28. The number of ether oxygens (including phenoxy) is 2. The summed E-state index contributed by atoms with van der Waals surface area (Å²) in [6.45, 7) is 1.93. The molecule has 0 bridgehead atoms. The van der Waals surface area contributed by atoms with Crippen molar-refractivity contribution in [3.8, 4) is 22.6 Å². The van der Waals surface area contributed by atoms with Crippen molar-refractivity contribution in [3.05, 3.63) is 113 Å². The van der Waals surface area contributed by atoms with Crippen molar-refractivity contribution in [1.29, 1.82) is 0 Å². The van der Waals surface area contributed by atoms with Gasteiger partial charge in [-0.1, -0.05) is 41.0 Å². The van der Waals surface area contributed by atoms with E-state index in [0.717, 1.165) is 21.0 Å². The van der Waals surface area contributed by atoms with E-state index >= 15 is 0 Å². The number of benzene rings is 4. The van der Waals surface area contributed by atoms with Crippen molar-refractivity contribution in [2.75, 3.05) is 30.5 Å². The Kier molecular flexibility index (Phi) is 9.31. The van der Waals surface area contributed by atoms with E-state index in [1.807, 2.05) is 37.3 Å². The zero-order valence-electron chi connectivity index (χ0n) is 25.0. The van der Waals surface area contributed by atoms with Gasteiger partial charge in [-0.25, -0.2) is 17.5 Å². The summed E-state index contributed by atoms with van der Waals surface area (Å²) in [5.41, 5.74) is 4.35. The van der Waals surface area contributed by atoms with Crippen molar-refractivity contribution in [2.45, 2.75) is 18.4 Å². The predicted molar refractivity (Wildman–Crippen MR) is 174 cm³/mol. The minimum Gasteiger partial charge on any atom is -0.497 e. The number of amides is 2. The highest BCUT2D eigenvalue weighted by Crippen LogP contribution is 2.38. The Bertz CT molecular complexity index is 1900. The highest BCUT2D eigenvalue weighted by atomic mass is 35.5. The minimum atomic E-state index is -4.10. The van der Waals surface area contributed by atoms with Crippen LogP contribution in [0.1, 0.15) is 11.1 Å². The summed E-state index contributed by atoms with van der Waals surface area (Å²) in [5.74, 6) is 1.22. The second-order valence-electron chi connectivity index (χ2n) is 9.95. The molecule has 0 radical (unpaired) electrons. The fourth-order valence-corrected chi connectivity index (χ4v) is 6.27. The molecule has 12 heteroatoms. The largest absolute Gasteiger partial charge is 0.497 e. The van der Waals surface area contributed by atoms with Crippen LogP contribution >= 0.6 is 11.6 Å². The predicted octanol–water partition coefficient (Wildman–Crippen LogP) is 7.19. The quantitative estimate of drug-likeness (QED) is 0.171. The molecular formula is C33H31ClN4O6S. The molecular weight excluding hydrogens is 616 g/mol. The summed E-state index contributed by atoms with van der Waals surface area (Å²) in [4.78, 5) is 14.6. The van der Waals surface area contributed by atoms with Gasteiger partial charge in [-0.2, -0.15) is 0 Å². The normalized spacial score (nSPS) is 11.1. The Morgan fingerprint density at radius 1 is 0.911 bits per heavy atom. The number of aromatic nitrogens is 1. The smallest absolute Gasteiger partial charge is 0.326 e. The number of sulfonamides is 1. The molecule has 5 aromatic rings. The van der Waals surface area contributed by atoms with Crippen molar-refractivity contribution in [1.82, 2.24) is 10.5 Å². The van der Waals surface area contributed by atoms with Gasteiger partial charge in [0.2, 0.25) is 0 Å². The lowest BCUT2D eigenvalue weighted by molar-refractivity contribution is 0.250. The first kappa shape index (κ1) is 31.4. The molecule has 4 aromatic carbocycles. The van der Waals surface area contributed by atoms with Crippen LogP contribution in [0.2, 0.25) is 5.02 Å². The van der Waals surface area contributed by atoms with Crippen molar-refractivity contribution < 1.29 is 27.2 Å². The number of hydrogen-bond donors (Lipinski definition) is 1. The minimum absolute atomic E-state index is 0.0000365. The monoisotopic (exact) mass is 646 g/mol. The lowest BCUT2D eigenvalue weighted by atomic mass is 10.0. The molecule has 5 rings (SSSR count). The molecule has 0 fully saturated rings. The first-order valence-electron chi connectivity index (χ1n) is 13.8. The molecule has 0 aliphatic rings. The van der Waals surface area contributed by atoms with Crippen LogP contribution in [0.15, 0.2) is 107 Å². The molecule has 1 aromatic heterocycles. The van der Waals surface area contributed by atoms with Crippen LogP contribution in [-0.4, -0.2) is 40.9 Å². The number of hydrogen-bond acceptors (Lipinski definition) is 7. The van der Waals surface area contributed by atoms with E-state index in [0.29, 0.717) is 33.5 Å². The molecule has 0 unspecified atom stereocenters. The van der Waals surface area contributed by atoms with Crippen LogP contribution < -0.4 is 24.0 Å². The number of rotatable bonds is 10. The second-order valence-corrected chi connectivity index (χ2v) is 12.2. The standard InChI is InChI=1S/C33H31ClN4O6S/c1-22-19-24(7-15-29(22)34)25-8-16-30(31(20-25)43-4)38(33(39)35-2)26-9-13-28(14-10-26)45(40,41)37(32-17-18-44-36-32)21-23-5-11-27(42-3)12-6-23/h5-20H,21H2,1-4H3,(H,35,39). The van der Waals surface area contributed by atoms with Gasteiger partial charge in [0.25, 0.3) is 10.0 Å². The van der Waals surface area contributed by atoms with Crippen LogP contribution in [0, 0.1) is 6.92 Å². The number of aryl methyl sites for hydroxylation is 1. The molecule has 0 spiro atoms. The number of carbonyl (C=O) groups is 1. The molecule has 0 saturated heterocycles. The van der Waals surface area contributed by atoms with Crippen molar-refractivity contribution in [2.24, 2.45) is 0 Å². The zero-order chi connectivity index (χ0) is 32.1. The SMILES string of the molecule is CNC(=O)N(c1ccc(S(=O)(=O)N(Cc2ccc(OC)cc2)c2ccon2)cc1)c1ccc(-c2ccc(Cl)c(C)c2)cc1OC. The molecule has 0 aliphatic heterocycles. The lowest BCUT2D eigenvalue weighted by Gasteiger charge is -2.26. The Morgan fingerprint density at radius 3 is 2.20 bits per heavy atom. The van der Waals surface area contributed by atoms with E-state index in [2.05, 4.69) is 10.5 Å². The summed E-state index contributed by atoms with van der Waals surface area (Å²) >= 11 is 6.21. The molecule has 45 heavy (non-hydrogen) atoms. The summed E-state index contributed by atoms with van der Waals surface area (Å²) in [6, 6.07) is 25.3. The van der Waals surface area contributed by atoms with Gasteiger partial charge < -0.3 is 19.3 Å². The fourth-order valence-electron chi connectivity index (χ4n) is 4.76. The van der Waals surface area contributed by atoms with Crippen molar-refractivity contribution >= 4 is 44.8 Å². The topological polar surface area (TPSA) is 114 Å². The molecule has 1 heterocycles. The van der Waals surface area contributed by atoms with E-state index in [1.165, 1.54) is 43.5 Å². The maximum Gasteiger partial charge on any atom is 0.326 e. The number of halogens is 1. The lowest BCUT2D eigenvalue weighted by Crippen LogP contribution is -2.35. The Morgan fingerprint density at radius 2 is 1.60 bits per heavy atom. The molecule has 2 amide bonds. The van der Waals surface area contributed by atoms with Crippen molar-refractivity contribution in [3.63, 3.8) is 0 Å². The molecule has 0 aliphatic carbocycles. The van der Waals surface area contributed by atoms with Crippen LogP contribution in [0.4, 0.5) is 22.0 Å². The fraction of sp³-hybridized carbons (Fsp3) is 0.152. The van der Waals surface area contributed by atoms with Gasteiger partial charge in [0, 0.05) is 18.1 Å². The van der Waals surface area contributed by atoms with Crippen LogP contribution in [0.25, 0.3) is 11.1 Å². The molecule has 232 valence electrons. The van der Waals surface area contributed by atoms with Crippen LogP contribution in [0.3, 0.4) is 0 Å². The van der Waals surface area contributed by atoms with Gasteiger partial charge in [-0.05, 0) is 89.8 Å². The van der Waals surface area contributed by atoms with Crippen LogP contribution in [0.5, 0.6) is 11.5 Å². The third-order valence-electron chi connectivity index (χ3n) is 7.18. The van der Waals surface area contributed by atoms with E-state index in [4.69, 9.17) is 25.6 Å². The number of nitrogens with zero attached hydrogens (tertiary/aromatic N) is 3. The molecule has 10 nitrogen and oxygen atoms in total. The zero-order valence-corrected chi connectivity index (χ0v) is 26.6. The first-order valence-corrected chi connectivity index (χ1v) is 15.6. The third kappa shape index (κ3) is 6.59. The average Bonchev–Trinajstić information content (AvgIpc) is 3.60. The average molecular weight is 647 g/mol. The molecule has 0 saturated carbocycles. The maximum absolute atomic E-state index is 13.9. The number of anilines is 3. The Labute approximate surface area is 266 Å². The highest BCUT2D eigenvalue weighted by molar-refractivity contribution is 7.92. The van der Waals surface area contributed by atoms with E-state index in [-0.39, 0.29) is 17.3 Å². The van der Waals surface area contributed by atoms with Crippen LogP contribution in [-0.2, 0) is 16.6 Å². The number of nitrogens with one attached hydrogen (secondary N) is 1. The summed E-state index contributed by atoms with van der Waals surface area (Å²) < 4.78 is 44.9. The number of urea groups is 1. The van der Waals surface area contributed by atoms with Gasteiger partial charge in [0.15, 0.2) is 5.82 Å². The van der Waals surface area contributed by atoms with Gasteiger partial charge in [-0.3, -0.25) is 4.90 Å². The second kappa shape index (κ2) is 13.3. The maximum atomic E-state index is 13.9. The van der Waals surface area contributed by atoms with E-state index in [1.54, 1.807) is 49.6 Å². The van der Waals surface area contributed by atoms with E-state index < -0.39 is 16.1 Å². The molecule has 1 N–H and O–H groups in total. The Balaban J connectivity index is 1.49. The van der Waals surface area contributed by atoms with Gasteiger partial charge in [0.05, 0.1) is 37.0 Å².